The molecular formula is C21H30Cl3N3O2. The summed E-state index contributed by atoms with van der Waals surface area (Å²) >= 11 is 0. The Balaban J connectivity index is 0.00000261. The number of benzene rings is 2. The van der Waals surface area contributed by atoms with Gasteiger partial charge in [-0.1, -0.05) is 0 Å². The van der Waals surface area contributed by atoms with Gasteiger partial charge in [-0.3, -0.25) is 0 Å². The average Bonchev–Trinajstić information content (AvgIpc) is 2.59. The van der Waals surface area contributed by atoms with E-state index in [-0.39, 0.29) is 37.2 Å². The van der Waals surface area contributed by atoms with Crippen LogP contribution in [0.5, 0.6) is 11.5 Å². The fraction of sp³-hybridized carbons (Fsp3) is 0.381. The molecule has 0 unspecified atom stereocenters. The van der Waals surface area contributed by atoms with Crippen LogP contribution in [0.2, 0.25) is 0 Å². The molecule has 0 atom stereocenters. The van der Waals surface area contributed by atoms with E-state index in [4.69, 9.17) is 14.5 Å². The highest BCUT2D eigenvalue weighted by atomic mass is 35.5. The summed E-state index contributed by atoms with van der Waals surface area (Å²) in [6, 6.07) is 14.3. The van der Waals surface area contributed by atoms with E-state index in [1.165, 1.54) is 0 Å². The van der Waals surface area contributed by atoms with Crippen LogP contribution in [0, 0.1) is 0 Å². The largest absolute Gasteiger partial charge is 0.492 e. The summed E-state index contributed by atoms with van der Waals surface area (Å²) in [7, 11) is 8.15. The number of likely N-dealkylation sites (N-methyl/N-ethyl adjacent to an activating group) is 2. The van der Waals surface area contributed by atoms with E-state index in [1.54, 1.807) is 0 Å². The molecule has 0 fully saturated rings. The lowest BCUT2D eigenvalue weighted by molar-refractivity contribution is 0.261. The number of hydrogen-bond acceptors (Lipinski definition) is 5. The average molecular weight is 463 g/mol. The Kier molecular flexibility index (Phi) is 12.3. The lowest BCUT2D eigenvalue weighted by Gasteiger charge is -2.12. The lowest BCUT2D eigenvalue weighted by atomic mass is 10.1. The zero-order valence-corrected chi connectivity index (χ0v) is 19.7. The van der Waals surface area contributed by atoms with Gasteiger partial charge < -0.3 is 19.3 Å². The Labute approximate surface area is 191 Å². The van der Waals surface area contributed by atoms with E-state index >= 15 is 0 Å². The first kappa shape index (κ1) is 27.5. The SMILES string of the molecule is CN(C)CCOc1ccc2cc3ccc(OCCN(C)C)cc3nc2c1.Cl.Cl.Cl. The molecule has 1 aromatic heterocycles. The summed E-state index contributed by atoms with van der Waals surface area (Å²) in [5, 5.41) is 2.22. The molecule has 0 spiro atoms. The van der Waals surface area contributed by atoms with Crippen molar-refractivity contribution in [3.05, 3.63) is 42.5 Å². The summed E-state index contributed by atoms with van der Waals surface area (Å²) in [4.78, 5) is 9.01. The minimum absolute atomic E-state index is 0. The molecule has 0 N–H and O–H groups in total. The van der Waals surface area contributed by atoms with Gasteiger partial charge >= 0.3 is 0 Å². The maximum absolute atomic E-state index is 5.83. The van der Waals surface area contributed by atoms with Gasteiger partial charge in [-0.15, -0.1) is 37.2 Å². The molecule has 0 radical (unpaired) electrons. The summed E-state index contributed by atoms with van der Waals surface area (Å²) in [6.07, 6.45) is 0. The van der Waals surface area contributed by atoms with Gasteiger partial charge in [0.1, 0.15) is 24.7 Å². The van der Waals surface area contributed by atoms with Crippen molar-refractivity contribution in [1.29, 1.82) is 0 Å². The molecule has 162 valence electrons. The van der Waals surface area contributed by atoms with Gasteiger partial charge in [0.25, 0.3) is 0 Å². The summed E-state index contributed by atoms with van der Waals surface area (Å²) in [5.74, 6) is 1.70. The predicted molar refractivity (Wildman–Crippen MR) is 129 cm³/mol. The van der Waals surface area contributed by atoms with E-state index in [0.717, 1.165) is 46.4 Å². The number of rotatable bonds is 8. The normalized spacial score (nSPS) is 10.4. The molecule has 0 bridgehead atoms. The van der Waals surface area contributed by atoms with Crippen LogP contribution in [0.25, 0.3) is 21.8 Å². The zero-order valence-electron chi connectivity index (χ0n) is 17.3. The minimum Gasteiger partial charge on any atom is -0.492 e. The van der Waals surface area contributed by atoms with Gasteiger partial charge in [0.05, 0.1) is 11.0 Å². The van der Waals surface area contributed by atoms with Crippen LogP contribution in [0.4, 0.5) is 0 Å². The summed E-state index contributed by atoms with van der Waals surface area (Å²) in [5.41, 5.74) is 1.87. The molecule has 2 aromatic carbocycles. The van der Waals surface area contributed by atoms with E-state index in [0.29, 0.717) is 13.2 Å². The van der Waals surface area contributed by atoms with Crippen LogP contribution in [0.1, 0.15) is 0 Å². The fourth-order valence-electron chi connectivity index (χ4n) is 2.65. The van der Waals surface area contributed by atoms with Crippen molar-refractivity contribution in [2.45, 2.75) is 0 Å². The quantitative estimate of drug-likeness (QED) is 0.460. The maximum atomic E-state index is 5.83. The first-order valence-corrected chi connectivity index (χ1v) is 8.91. The first-order chi connectivity index (χ1) is 12.5. The van der Waals surface area contributed by atoms with Crippen LogP contribution in [-0.4, -0.2) is 69.3 Å². The molecule has 0 saturated carbocycles. The molecule has 3 rings (SSSR count). The predicted octanol–water partition coefficient (Wildman–Crippen LogP) is 4.53. The van der Waals surface area contributed by atoms with Crippen molar-refractivity contribution in [2.24, 2.45) is 0 Å². The molecule has 3 aromatic rings. The van der Waals surface area contributed by atoms with E-state index in [1.807, 2.05) is 52.5 Å². The Bertz CT molecular complexity index is 823. The van der Waals surface area contributed by atoms with Gasteiger partial charge in [0, 0.05) is 36.0 Å². The van der Waals surface area contributed by atoms with Crippen LogP contribution in [0.3, 0.4) is 0 Å². The second-order valence-corrected chi connectivity index (χ2v) is 7.00. The maximum Gasteiger partial charge on any atom is 0.121 e. The van der Waals surface area contributed by atoms with E-state index in [9.17, 15) is 0 Å². The van der Waals surface area contributed by atoms with Crippen molar-refractivity contribution in [3.8, 4) is 11.5 Å². The van der Waals surface area contributed by atoms with E-state index < -0.39 is 0 Å². The lowest BCUT2D eigenvalue weighted by Crippen LogP contribution is -2.19. The summed E-state index contributed by atoms with van der Waals surface area (Å²) in [6.45, 7) is 3.10. The molecule has 0 aliphatic rings. The third-order valence-electron chi connectivity index (χ3n) is 4.17. The zero-order chi connectivity index (χ0) is 18.5. The number of fused-ring (bicyclic) bond motifs is 2. The van der Waals surface area contributed by atoms with Crippen molar-refractivity contribution >= 4 is 59.0 Å². The monoisotopic (exact) mass is 461 g/mol. The Morgan fingerprint density at radius 1 is 0.655 bits per heavy atom. The van der Waals surface area contributed by atoms with Gasteiger partial charge in [0.2, 0.25) is 0 Å². The highest BCUT2D eigenvalue weighted by molar-refractivity contribution is 5.93. The topological polar surface area (TPSA) is 37.8 Å². The molecule has 8 heteroatoms. The van der Waals surface area contributed by atoms with Crippen molar-refractivity contribution in [3.63, 3.8) is 0 Å². The Morgan fingerprint density at radius 3 is 1.45 bits per heavy atom. The second-order valence-electron chi connectivity index (χ2n) is 7.00. The Hall–Kier alpha value is -1.50. The van der Waals surface area contributed by atoms with E-state index in [2.05, 4.69) is 28.0 Å². The Morgan fingerprint density at radius 2 is 1.07 bits per heavy atom. The van der Waals surface area contributed by atoms with Crippen molar-refractivity contribution < 1.29 is 9.47 Å². The number of ether oxygens (including phenoxy) is 2. The van der Waals surface area contributed by atoms with Crippen molar-refractivity contribution in [2.75, 3.05) is 54.5 Å². The van der Waals surface area contributed by atoms with Crippen LogP contribution < -0.4 is 9.47 Å². The highest BCUT2D eigenvalue weighted by Gasteiger charge is 2.05. The van der Waals surface area contributed by atoms with Gasteiger partial charge in [-0.05, 0) is 58.5 Å². The molecule has 0 saturated heterocycles. The third-order valence-corrected chi connectivity index (χ3v) is 4.17. The number of pyridine rings is 1. The van der Waals surface area contributed by atoms with Crippen LogP contribution >= 0.6 is 37.2 Å². The summed E-state index contributed by atoms with van der Waals surface area (Å²) < 4.78 is 11.7. The number of nitrogens with zero attached hydrogens (tertiary/aromatic N) is 3. The number of aromatic nitrogens is 1. The third kappa shape index (κ3) is 8.03. The molecular weight excluding hydrogens is 433 g/mol. The molecule has 0 aliphatic heterocycles. The fourth-order valence-corrected chi connectivity index (χ4v) is 2.65. The second kappa shape index (κ2) is 12.9. The molecule has 29 heavy (non-hydrogen) atoms. The van der Waals surface area contributed by atoms with Gasteiger partial charge in [-0.2, -0.15) is 0 Å². The smallest absolute Gasteiger partial charge is 0.121 e. The van der Waals surface area contributed by atoms with Gasteiger partial charge in [0.15, 0.2) is 0 Å². The molecule has 0 aliphatic carbocycles. The standard InChI is InChI=1S/C21H27N3O2.3ClH/c1-23(2)9-11-25-18-7-5-16-13-17-6-8-19(26-12-10-24(3)4)15-21(17)22-20(16)14-18;;;/h5-8,13-15H,9-12H2,1-4H3;3*1H. The molecule has 5 nitrogen and oxygen atoms in total. The highest BCUT2D eigenvalue weighted by Crippen LogP contribution is 2.26. The number of hydrogen-bond donors (Lipinski definition) is 0. The van der Waals surface area contributed by atoms with Crippen LogP contribution in [-0.2, 0) is 0 Å². The van der Waals surface area contributed by atoms with Crippen LogP contribution in [0.15, 0.2) is 42.5 Å². The first-order valence-electron chi connectivity index (χ1n) is 8.91. The van der Waals surface area contributed by atoms with Gasteiger partial charge in [-0.25, -0.2) is 4.98 Å². The minimum atomic E-state index is 0. The van der Waals surface area contributed by atoms with Crippen molar-refractivity contribution in [1.82, 2.24) is 14.8 Å². The molecule has 1 heterocycles. The molecule has 0 amide bonds. The number of halogens is 3.